The lowest BCUT2D eigenvalue weighted by molar-refractivity contribution is 0.0999. The molecule has 4 nitrogen and oxygen atoms in total. The molecule has 0 bridgehead atoms. The summed E-state index contributed by atoms with van der Waals surface area (Å²) in [4.78, 5) is 13.8. The first kappa shape index (κ1) is 14.4. The van der Waals surface area contributed by atoms with Crippen molar-refractivity contribution in [2.45, 2.75) is 32.6 Å². The number of nitrogens with one attached hydrogen (secondary N) is 1. The molecule has 2 aliphatic heterocycles. The molecular formula is C17H25N3O. The zero-order valence-electron chi connectivity index (χ0n) is 12.8. The van der Waals surface area contributed by atoms with Crippen molar-refractivity contribution in [3.63, 3.8) is 0 Å². The Morgan fingerprint density at radius 2 is 2.14 bits per heavy atom. The van der Waals surface area contributed by atoms with Crippen molar-refractivity contribution < 1.29 is 4.79 Å². The predicted octanol–water partition coefficient (Wildman–Crippen LogP) is 2.06. The molecule has 0 saturated carbocycles. The third-order valence-corrected chi connectivity index (χ3v) is 5.06. The van der Waals surface area contributed by atoms with E-state index in [9.17, 15) is 4.79 Å². The average Bonchev–Trinajstić information content (AvgIpc) is 2.47. The summed E-state index contributed by atoms with van der Waals surface area (Å²) in [5.41, 5.74) is 8.66. The van der Waals surface area contributed by atoms with Crippen molar-refractivity contribution in [1.29, 1.82) is 0 Å². The average molecular weight is 287 g/mol. The van der Waals surface area contributed by atoms with Gasteiger partial charge in [-0.05, 0) is 62.9 Å². The van der Waals surface area contributed by atoms with Gasteiger partial charge in [0.2, 0.25) is 5.91 Å². The van der Waals surface area contributed by atoms with Crippen LogP contribution < -0.4 is 16.0 Å². The van der Waals surface area contributed by atoms with E-state index in [1.54, 1.807) is 0 Å². The molecule has 0 aromatic heterocycles. The minimum Gasteiger partial charge on any atom is -0.371 e. The molecule has 21 heavy (non-hydrogen) atoms. The first-order valence-corrected chi connectivity index (χ1v) is 7.96. The Kier molecular flexibility index (Phi) is 3.89. The van der Waals surface area contributed by atoms with Crippen molar-refractivity contribution in [2.24, 2.45) is 11.1 Å². The van der Waals surface area contributed by atoms with E-state index in [0.29, 0.717) is 11.0 Å². The highest BCUT2D eigenvalue weighted by atomic mass is 16.1. The first-order valence-electron chi connectivity index (χ1n) is 7.96. The van der Waals surface area contributed by atoms with Gasteiger partial charge in [-0.2, -0.15) is 0 Å². The summed E-state index contributed by atoms with van der Waals surface area (Å²) in [6.45, 7) is 6.49. The number of hydrogen-bond acceptors (Lipinski definition) is 3. The molecule has 2 heterocycles. The maximum Gasteiger partial charge on any atom is 0.248 e. The van der Waals surface area contributed by atoms with Crippen LogP contribution in [-0.4, -0.2) is 32.1 Å². The maximum absolute atomic E-state index is 11.4. The van der Waals surface area contributed by atoms with Crippen LogP contribution in [0.4, 0.5) is 5.69 Å². The summed E-state index contributed by atoms with van der Waals surface area (Å²) in [5.74, 6) is -0.342. The van der Waals surface area contributed by atoms with Gasteiger partial charge in [0.25, 0.3) is 0 Å². The number of piperidine rings is 2. The van der Waals surface area contributed by atoms with Crippen molar-refractivity contribution in [1.82, 2.24) is 5.32 Å². The van der Waals surface area contributed by atoms with Crippen LogP contribution in [0.25, 0.3) is 0 Å². The van der Waals surface area contributed by atoms with Gasteiger partial charge in [0, 0.05) is 36.3 Å². The number of benzene rings is 1. The van der Waals surface area contributed by atoms with Crippen LogP contribution in [-0.2, 0) is 0 Å². The molecule has 4 heteroatoms. The summed E-state index contributed by atoms with van der Waals surface area (Å²) in [5, 5.41) is 3.56. The molecule has 3 rings (SSSR count). The molecule has 1 atom stereocenters. The van der Waals surface area contributed by atoms with E-state index >= 15 is 0 Å². The molecule has 1 unspecified atom stereocenters. The van der Waals surface area contributed by atoms with Crippen LogP contribution in [0.15, 0.2) is 18.2 Å². The normalized spacial score (nSPS) is 26.0. The van der Waals surface area contributed by atoms with E-state index in [1.165, 1.54) is 31.4 Å². The zero-order chi connectivity index (χ0) is 14.9. The number of carbonyl (C=O) groups excluding carboxylic acids is 1. The standard InChI is InChI=1S/C17H25N3O/c1-13-10-14(4-5-15(13)16(18)21)20-9-3-7-17(12-20)6-2-8-19-11-17/h4-5,10,19H,2-3,6-9,11-12H2,1H3,(H2,18,21). The quantitative estimate of drug-likeness (QED) is 0.875. The molecule has 1 amide bonds. The largest absolute Gasteiger partial charge is 0.371 e. The number of aryl methyl sites for hydroxylation is 1. The summed E-state index contributed by atoms with van der Waals surface area (Å²) in [6.07, 6.45) is 5.19. The topological polar surface area (TPSA) is 58.4 Å². The molecule has 3 N–H and O–H groups in total. The lowest BCUT2D eigenvalue weighted by atomic mass is 9.74. The minimum absolute atomic E-state index is 0.342. The van der Waals surface area contributed by atoms with Crippen LogP contribution in [0.2, 0.25) is 0 Å². The van der Waals surface area contributed by atoms with Gasteiger partial charge in [0.15, 0.2) is 0 Å². The Morgan fingerprint density at radius 3 is 2.81 bits per heavy atom. The monoisotopic (exact) mass is 287 g/mol. The number of carbonyl (C=O) groups is 1. The number of rotatable bonds is 2. The summed E-state index contributed by atoms with van der Waals surface area (Å²) in [6, 6.07) is 6.02. The molecule has 2 aliphatic rings. The van der Waals surface area contributed by atoms with Gasteiger partial charge >= 0.3 is 0 Å². The van der Waals surface area contributed by atoms with Gasteiger partial charge in [0.1, 0.15) is 0 Å². The van der Waals surface area contributed by atoms with Gasteiger partial charge in [-0.15, -0.1) is 0 Å². The van der Waals surface area contributed by atoms with Crippen LogP contribution in [0.1, 0.15) is 41.6 Å². The number of nitrogens with two attached hydrogens (primary N) is 1. The fourth-order valence-electron chi connectivity index (χ4n) is 3.93. The van der Waals surface area contributed by atoms with Crippen molar-refractivity contribution in [2.75, 3.05) is 31.1 Å². The van der Waals surface area contributed by atoms with Gasteiger partial charge in [-0.25, -0.2) is 0 Å². The number of amides is 1. The Morgan fingerprint density at radius 1 is 1.33 bits per heavy atom. The van der Waals surface area contributed by atoms with E-state index in [1.807, 2.05) is 19.1 Å². The van der Waals surface area contributed by atoms with E-state index in [0.717, 1.165) is 31.7 Å². The first-order chi connectivity index (χ1) is 10.1. The molecule has 2 fully saturated rings. The smallest absolute Gasteiger partial charge is 0.248 e. The van der Waals surface area contributed by atoms with Gasteiger partial charge in [0.05, 0.1) is 0 Å². The Bertz CT molecular complexity index is 529. The third kappa shape index (κ3) is 2.91. The fourth-order valence-corrected chi connectivity index (χ4v) is 3.93. The van der Waals surface area contributed by atoms with Crippen LogP contribution in [0, 0.1) is 12.3 Å². The molecule has 114 valence electrons. The van der Waals surface area contributed by atoms with E-state index in [-0.39, 0.29) is 5.91 Å². The Hall–Kier alpha value is -1.55. The molecule has 0 radical (unpaired) electrons. The fraction of sp³-hybridized carbons (Fsp3) is 0.588. The second-order valence-electron chi connectivity index (χ2n) is 6.67. The van der Waals surface area contributed by atoms with Crippen LogP contribution >= 0.6 is 0 Å². The third-order valence-electron chi connectivity index (χ3n) is 5.06. The van der Waals surface area contributed by atoms with Crippen molar-refractivity contribution in [3.05, 3.63) is 29.3 Å². The van der Waals surface area contributed by atoms with Crippen LogP contribution in [0.3, 0.4) is 0 Å². The Labute approximate surface area is 126 Å². The van der Waals surface area contributed by atoms with E-state index < -0.39 is 0 Å². The second kappa shape index (κ2) is 5.68. The number of primary amides is 1. The lowest BCUT2D eigenvalue weighted by Gasteiger charge is -2.46. The summed E-state index contributed by atoms with van der Waals surface area (Å²) in [7, 11) is 0. The number of hydrogen-bond donors (Lipinski definition) is 2. The summed E-state index contributed by atoms with van der Waals surface area (Å²) >= 11 is 0. The highest BCUT2D eigenvalue weighted by molar-refractivity contribution is 5.94. The number of nitrogens with zero attached hydrogens (tertiary/aromatic N) is 1. The van der Waals surface area contributed by atoms with Crippen molar-refractivity contribution >= 4 is 11.6 Å². The summed E-state index contributed by atoms with van der Waals surface area (Å²) < 4.78 is 0. The van der Waals surface area contributed by atoms with E-state index in [4.69, 9.17) is 5.73 Å². The molecule has 1 aromatic carbocycles. The van der Waals surface area contributed by atoms with E-state index in [2.05, 4.69) is 16.3 Å². The molecule has 0 aliphatic carbocycles. The highest BCUT2D eigenvalue weighted by Crippen LogP contribution is 2.37. The molecule has 1 spiro atoms. The lowest BCUT2D eigenvalue weighted by Crippen LogP contribution is -2.51. The molecule has 2 saturated heterocycles. The zero-order valence-corrected chi connectivity index (χ0v) is 12.8. The minimum atomic E-state index is -0.342. The number of anilines is 1. The SMILES string of the molecule is Cc1cc(N2CCCC3(CCCNC3)C2)ccc1C(N)=O. The molecule has 1 aromatic rings. The van der Waals surface area contributed by atoms with Gasteiger partial charge in [-0.3, -0.25) is 4.79 Å². The second-order valence-corrected chi connectivity index (χ2v) is 6.67. The van der Waals surface area contributed by atoms with Crippen molar-refractivity contribution in [3.8, 4) is 0 Å². The van der Waals surface area contributed by atoms with Gasteiger partial charge < -0.3 is 16.0 Å². The predicted molar refractivity (Wildman–Crippen MR) is 85.7 cm³/mol. The maximum atomic E-state index is 11.4. The van der Waals surface area contributed by atoms with Gasteiger partial charge in [-0.1, -0.05) is 0 Å². The van der Waals surface area contributed by atoms with Crippen LogP contribution in [0.5, 0.6) is 0 Å². The molecular weight excluding hydrogens is 262 g/mol. The highest BCUT2D eigenvalue weighted by Gasteiger charge is 2.36. The Balaban J connectivity index is 1.80.